The lowest BCUT2D eigenvalue weighted by Crippen LogP contribution is -2.07. The first-order valence-electron chi connectivity index (χ1n) is 3.45. The van der Waals surface area contributed by atoms with E-state index in [0.29, 0.717) is 5.56 Å². The van der Waals surface area contributed by atoms with Crippen LogP contribution in [0, 0.1) is 6.92 Å². The Morgan fingerprint density at radius 1 is 1.67 bits per heavy atom. The maximum absolute atomic E-state index is 11.0. The Morgan fingerprint density at radius 2 is 2.33 bits per heavy atom. The molecule has 0 aliphatic carbocycles. The van der Waals surface area contributed by atoms with E-state index in [0.717, 1.165) is 5.56 Å². The van der Waals surface area contributed by atoms with Crippen molar-refractivity contribution in [2.24, 2.45) is 0 Å². The van der Waals surface area contributed by atoms with E-state index in [1.165, 1.54) is 7.11 Å². The third-order valence-corrected chi connectivity index (χ3v) is 1.46. The number of methoxy groups -OCH3 is 1. The minimum atomic E-state index is -0.455. The van der Waals surface area contributed by atoms with Gasteiger partial charge >= 0.3 is 5.97 Å². The summed E-state index contributed by atoms with van der Waals surface area (Å²) in [4.78, 5) is 14.9. The highest BCUT2D eigenvalue weighted by Gasteiger charge is 2.10. The highest BCUT2D eigenvalue weighted by atomic mass is 16.5. The number of nitrogens with two attached hydrogens (primary N) is 1. The summed E-state index contributed by atoms with van der Waals surface area (Å²) in [5, 5.41) is 0. The quantitative estimate of drug-likeness (QED) is 0.625. The van der Waals surface area contributed by atoms with Gasteiger partial charge < -0.3 is 10.5 Å². The van der Waals surface area contributed by atoms with Crippen molar-refractivity contribution in [1.29, 1.82) is 0 Å². The Hall–Kier alpha value is -1.58. The molecule has 4 heteroatoms. The predicted octanol–water partition coefficient (Wildman–Crippen LogP) is 0.759. The maximum Gasteiger partial charge on any atom is 0.341 e. The lowest BCUT2D eigenvalue weighted by molar-refractivity contribution is 0.0601. The number of pyridine rings is 1. The molecule has 0 radical (unpaired) electrons. The lowest BCUT2D eigenvalue weighted by atomic mass is 10.2. The van der Waals surface area contributed by atoms with Crippen LogP contribution in [0.25, 0.3) is 0 Å². The molecule has 2 N–H and O–H groups in total. The molecular weight excluding hydrogens is 156 g/mol. The lowest BCUT2D eigenvalue weighted by Gasteiger charge is -2.02. The maximum atomic E-state index is 11.0. The third-order valence-electron chi connectivity index (χ3n) is 1.46. The van der Waals surface area contributed by atoms with Crippen molar-refractivity contribution in [3.63, 3.8) is 0 Å². The highest BCUT2D eigenvalue weighted by molar-refractivity contribution is 5.94. The first kappa shape index (κ1) is 8.52. The van der Waals surface area contributed by atoms with Crippen molar-refractivity contribution in [2.45, 2.75) is 6.92 Å². The van der Waals surface area contributed by atoms with E-state index in [1.54, 1.807) is 12.3 Å². The molecule has 0 saturated heterocycles. The fraction of sp³-hybridized carbons (Fsp3) is 0.250. The number of hydrogen-bond acceptors (Lipinski definition) is 4. The molecule has 0 atom stereocenters. The van der Waals surface area contributed by atoms with E-state index in [1.807, 2.05) is 6.92 Å². The third kappa shape index (κ3) is 1.53. The molecule has 1 rings (SSSR count). The molecule has 12 heavy (non-hydrogen) atoms. The van der Waals surface area contributed by atoms with Gasteiger partial charge in [-0.1, -0.05) is 0 Å². The summed E-state index contributed by atoms with van der Waals surface area (Å²) in [6, 6.07) is 1.65. The van der Waals surface area contributed by atoms with Crippen molar-refractivity contribution in [1.82, 2.24) is 4.98 Å². The van der Waals surface area contributed by atoms with Crippen LogP contribution in [-0.4, -0.2) is 18.1 Å². The van der Waals surface area contributed by atoms with Gasteiger partial charge in [0.25, 0.3) is 0 Å². The number of nitrogens with zero attached hydrogens (tertiary/aromatic N) is 1. The fourth-order valence-electron chi connectivity index (χ4n) is 0.853. The van der Waals surface area contributed by atoms with Crippen molar-refractivity contribution in [3.05, 3.63) is 23.4 Å². The number of nitrogen functional groups attached to an aromatic ring is 1. The molecule has 0 aliphatic rings. The van der Waals surface area contributed by atoms with Crippen LogP contribution in [0.2, 0.25) is 0 Å². The van der Waals surface area contributed by atoms with E-state index in [4.69, 9.17) is 5.73 Å². The SMILES string of the molecule is COC(=O)c1cc(C)cnc1N. The molecule has 0 unspecified atom stereocenters. The van der Waals surface area contributed by atoms with Crippen LogP contribution >= 0.6 is 0 Å². The molecule has 4 nitrogen and oxygen atoms in total. The summed E-state index contributed by atoms with van der Waals surface area (Å²) in [6.07, 6.45) is 1.60. The molecule has 1 aromatic heterocycles. The summed E-state index contributed by atoms with van der Waals surface area (Å²) < 4.78 is 4.51. The van der Waals surface area contributed by atoms with Crippen molar-refractivity contribution >= 4 is 11.8 Å². The average molecular weight is 166 g/mol. The minimum Gasteiger partial charge on any atom is -0.465 e. The fourth-order valence-corrected chi connectivity index (χ4v) is 0.853. The molecule has 0 spiro atoms. The first-order chi connectivity index (χ1) is 5.65. The first-order valence-corrected chi connectivity index (χ1v) is 3.45. The van der Waals surface area contributed by atoms with Gasteiger partial charge in [-0.25, -0.2) is 9.78 Å². The molecule has 0 fully saturated rings. The van der Waals surface area contributed by atoms with Crippen molar-refractivity contribution < 1.29 is 9.53 Å². The highest BCUT2D eigenvalue weighted by Crippen LogP contribution is 2.10. The zero-order chi connectivity index (χ0) is 9.14. The Labute approximate surface area is 70.4 Å². The number of esters is 1. The average Bonchev–Trinajstić information content (AvgIpc) is 2.08. The van der Waals surface area contributed by atoms with E-state index >= 15 is 0 Å². The number of anilines is 1. The number of aromatic nitrogens is 1. The van der Waals surface area contributed by atoms with Gasteiger partial charge in [0.05, 0.1) is 7.11 Å². The number of carbonyl (C=O) groups excluding carboxylic acids is 1. The van der Waals surface area contributed by atoms with Gasteiger partial charge in [-0.05, 0) is 18.6 Å². The molecule has 1 aromatic rings. The van der Waals surface area contributed by atoms with Gasteiger partial charge in [0.15, 0.2) is 0 Å². The largest absolute Gasteiger partial charge is 0.465 e. The zero-order valence-electron chi connectivity index (χ0n) is 7.00. The van der Waals surface area contributed by atoms with E-state index < -0.39 is 5.97 Å². The molecule has 0 amide bonds. The predicted molar refractivity (Wildman–Crippen MR) is 44.7 cm³/mol. The Kier molecular flexibility index (Phi) is 2.28. The zero-order valence-corrected chi connectivity index (χ0v) is 7.00. The van der Waals surface area contributed by atoms with Gasteiger partial charge in [-0.2, -0.15) is 0 Å². The summed E-state index contributed by atoms with van der Waals surface area (Å²) in [7, 11) is 1.31. The standard InChI is InChI=1S/C8H10N2O2/c1-5-3-6(8(11)12-2)7(9)10-4-5/h3-4H,1-2H3,(H2,9,10). The van der Waals surface area contributed by atoms with Crippen LogP contribution in [0.15, 0.2) is 12.3 Å². The summed E-state index contributed by atoms with van der Waals surface area (Å²) in [5.74, 6) is -0.254. The number of aryl methyl sites for hydroxylation is 1. The topological polar surface area (TPSA) is 65.2 Å². The van der Waals surface area contributed by atoms with Gasteiger partial charge in [0.1, 0.15) is 11.4 Å². The second-order valence-corrected chi connectivity index (χ2v) is 2.44. The normalized spacial score (nSPS) is 9.50. The van der Waals surface area contributed by atoms with Gasteiger partial charge in [0, 0.05) is 6.20 Å². The summed E-state index contributed by atoms with van der Waals surface area (Å²) >= 11 is 0. The number of hydrogen-bond donors (Lipinski definition) is 1. The Morgan fingerprint density at radius 3 is 2.92 bits per heavy atom. The van der Waals surface area contributed by atoms with Crippen LogP contribution < -0.4 is 5.73 Å². The molecule has 0 aliphatic heterocycles. The second kappa shape index (κ2) is 3.21. The van der Waals surface area contributed by atoms with E-state index in [-0.39, 0.29) is 5.82 Å². The molecule has 0 saturated carbocycles. The molecule has 0 aromatic carbocycles. The van der Waals surface area contributed by atoms with Gasteiger partial charge in [0.2, 0.25) is 0 Å². The van der Waals surface area contributed by atoms with E-state index in [9.17, 15) is 4.79 Å². The van der Waals surface area contributed by atoms with Gasteiger partial charge in [-0.15, -0.1) is 0 Å². The summed E-state index contributed by atoms with van der Waals surface area (Å²) in [5.41, 5.74) is 6.65. The minimum absolute atomic E-state index is 0.201. The van der Waals surface area contributed by atoms with E-state index in [2.05, 4.69) is 9.72 Å². The summed E-state index contributed by atoms with van der Waals surface area (Å²) in [6.45, 7) is 1.83. The molecule has 1 heterocycles. The van der Waals surface area contributed by atoms with Gasteiger partial charge in [-0.3, -0.25) is 0 Å². The number of ether oxygens (including phenoxy) is 1. The van der Waals surface area contributed by atoms with Crippen molar-refractivity contribution in [3.8, 4) is 0 Å². The van der Waals surface area contributed by atoms with Crippen LogP contribution in [0.5, 0.6) is 0 Å². The monoisotopic (exact) mass is 166 g/mol. The Balaban J connectivity index is 3.13. The molecule has 0 bridgehead atoms. The Bertz CT molecular complexity index is 310. The number of carbonyl (C=O) groups is 1. The molecular formula is C8H10N2O2. The number of rotatable bonds is 1. The van der Waals surface area contributed by atoms with Crippen LogP contribution in [0.1, 0.15) is 15.9 Å². The smallest absolute Gasteiger partial charge is 0.341 e. The van der Waals surface area contributed by atoms with Crippen LogP contribution in [0.3, 0.4) is 0 Å². The van der Waals surface area contributed by atoms with Crippen LogP contribution in [-0.2, 0) is 4.74 Å². The van der Waals surface area contributed by atoms with Crippen molar-refractivity contribution in [2.75, 3.05) is 12.8 Å². The molecule has 64 valence electrons. The second-order valence-electron chi connectivity index (χ2n) is 2.44. The van der Waals surface area contributed by atoms with Crippen LogP contribution in [0.4, 0.5) is 5.82 Å².